The van der Waals surface area contributed by atoms with Crippen LogP contribution in [-0.2, 0) is 16.2 Å². The van der Waals surface area contributed by atoms with E-state index in [4.69, 9.17) is 9.47 Å². The molecule has 39 heavy (non-hydrogen) atoms. The summed E-state index contributed by atoms with van der Waals surface area (Å²) in [5, 5.41) is 11.3. The zero-order valence-corrected chi connectivity index (χ0v) is 23.0. The molecule has 0 aliphatic carbocycles. The maximum atomic E-state index is 13.3. The monoisotopic (exact) mass is 528 g/mol. The minimum atomic E-state index is -0.706. The van der Waals surface area contributed by atoms with Crippen molar-refractivity contribution in [3.8, 4) is 11.5 Å². The average molecular weight is 529 g/mol. The van der Waals surface area contributed by atoms with E-state index in [1.807, 2.05) is 81.4 Å². The highest BCUT2D eigenvalue weighted by molar-refractivity contribution is 6.46. The van der Waals surface area contributed by atoms with E-state index in [1.165, 1.54) is 4.90 Å². The molecular formula is C32H36N2O5. The number of aliphatic hydroxyl groups excluding tert-OH is 1. The summed E-state index contributed by atoms with van der Waals surface area (Å²) in [6.45, 7) is 6.02. The van der Waals surface area contributed by atoms with Crippen molar-refractivity contribution in [1.29, 1.82) is 0 Å². The number of aryl methyl sites for hydroxylation is 1. The zero-order valence-electron chi connectivity index (χ0n) is 23.0. The molecule has 3 aromatic rings. The number of Topliss-reactive ketones (excluding diaryl/α,β-unsaturated/α-hetero) is 1. The third-order valence-electron chi connectivity index (χ3n) is 6.78. The van der Waals surface area contributed by atoms with Crippen LogP contribution in [0.2, 0.25) is 0 Å². The smallest absolute Gasteiger partial charge is 0.295 e. The molecule has 1 aliphatic rings. The number of nitrogens with zero attached hydrogens (tertiary/aromatic N) is 2. The molecule has 0 radical (unpaired) electrons. The Hall–Kier alpha value is -4.10. The Morgan fingerprint density at radius 1 is 0.923 bits per heavy atom. The first-order valence-electron chi connectivity index (χ1n) is 13.2. The average Bonchev–Trinajstić information content (AvgIpc) is 3.19. The SMILES string of the molecule is CCCOc1ccc(C2/C(=C(\O)c3ccc(OCc4ccccc4C)cc3)C(=O)C(=O)N2CCN(C)C)cc1. The van der Waals surface area contributed by atoms with Gasteiger partial charge in [0.2, 0.25) is 0 Å². The van der Waals surface area contributed by atoms with Gasteiger partial charge in [-0.3, -0.25) is 9.59 Å². The van der Waals surface area contributed by atoms with Crippen LogP contribution < -0.4 is 9.47 Å². The number of rotatable bonds is 11. The van der Waals surface area contributed by atoms with Gasteiger partial charge in [-0.15, -0.1) is 0 Å². The number of hydrogen-bond donors (Lipinski definition) is 1. The summed E-state index contributed by atoms with van der Waals surface area (Å²) in [7, 11) is 3.82. The highest BCUT2D eigenvalue weighted by Gasteiger charge is 2.45. The Kier molecular flexibility index (Phi) is 9.04. The summed E-state index contributed by atoms with van der Waals surface area (Å²) >= 11 is 0. The molecule has 1 heterocycles. The van der Waals surface area contributed by atoms with Crippen molar-refractivity contribution >= 4 is 17.4 Å². The number of carbonyl (C=O) groups excluding carboxylic acids is 2. The van der Waals surface area contributed by atoms with Gasteiger partial charge in [-0.2, -0.15) is 0 Å². The fourth-order valence-corrected chi connectivity index (χ4v) is 4.53. The zero-order chi connectivity index (χ0) is 27.9. The fourth-order valence-electron chi connectivity index (χ4n) is 4.53. The number of carbonyl (C=O) groups is 2. The lowest BCUT2D eigenvalue weighted by Gasteiger charge is -2.26. The van der Waals surface area contributed by atoms with Crippen molar-refractivity contribution in [1.82, 2.24) is 9.80 Å². The van der Waals surface area contributed by atoms with Gasteiger partial charge in [0.25, 0.3) is 11.7 Å². The molecule has 0 saturated carbocycles. The summed E-state index contributed by atoms with van der Waals surface area (Å²) < 4.78 is 11.6. The van der Waals surface area contributed by atoms with E-state index in [2.05, 4.69) is 0 Å². The van der Waals surface area contributed by atoms with Crippen molar-refractivity contribution in [2.24, 2.45) is 0 Å². The first kappa shape index (κ1) is 27.9. The molecule has 1 unspecified atom stereocenters. The number of likely N-dealkylation sites (tertiary alicyclic amines) is 1. The van der Waals surface area contributed by atoms with Crippen molar-refractivity contribution in [3.05, 3.63) is 101 Å². The Labute approximate surface area is 230 Å². The van der Waals surface area contributed by atoms with E-state index >= 15 is 0 Å². The predicted molar refractivity (Wildman–Crippen MR) is 152 cm³/mol. The van der Waals surface area contributed by atoms with Crippen LogP contribution >= 0.6 is 0 Å². The number of ether oxygens (including phenoxy) is 2. The second-order valence-electron chi connectivity index (χ2n) is 9.95. The van der Waals surface area contributed by atoms with Crippen LogP contribution in [0.25, 0.3) is 5.76 Å². The number of likely N-dealkylation sites (N-methyl/N-ethyl adjacent to an activating group) is 1. The van der Waals surface area contributed by atoms with Gasteiger partial charge < -0.3 is 24.4 Å². The molecule has 1 N–H and O–H groups in total. The van der Waals surface area contributed by atoms with Crippen LogP contribution in [0.15, 0.2) is 78.4 Å². The lowest BCUT2D eigenvalue weighted by Crippen LogP contribution is -2.35. The minimum Gasteiger partial charge on any atom is -0.507 e. The number of amides is 1. The van der Waals surface area contributed by atoms with E-state index in [1.54, 1.807) is 24.3 Å². The summed E-state index contributed by atoms with van der Waals surface area (Å²) in [6.07, 6.45) is 0.891. The van der Waals surface area contributed by atoms with Gasteiger partial charge in [0.1, 0.15) is 23.9 Å². The molecular weight excluding hydrogens is 492 g/mol. The molecule has 1 saturated heterocycles. The molecule has 0 aromatic heterocycles. The highest BCUT2D eigenvalue weighted by atomic mass is 16.5. The van der Waals surface area contributed by atoms with Crippen LogP contribution in [0.5, 0.6) is 11.5 Å². The van der Waals surface area contributed by atoms with E-state index in [0.717, 1.165) is 23.1 Å². The molecule has 1 atom stereocenters. The van der Waals surface area contributed by atoms with E-state index in [-0.39, 0.29) is 11.3 Å². The van der Waals surface area contributed by atoms with Crippen LogP contribution in [0.1, 0.15) is 41.6 Å². The molecule has 4 rings (SSSR count). The molecule has 0 bridgehead atoms. The summed E-state index contributed by atoms with van der Waals surface area (Å²) in [4.78, 5) is 29.9. The Balaban J connectivity index is 1.64. The third-order valence-corrected chi connectivity index (χ3v) is 6.78. The standard InChI is InChI=1S/C32H36N2O5/c1-5-20-38-26-14-10-23(11-15-26)29-28(31(36)32(37)34(29)19-18-33(3)4)30(35)24-12-16-27(17-13-24)39-21-25-9-7-6-8-22(25)2/h6-17,29,35H,5,18-21H2,1-4H3/b30-28+. The van der Waals surface area contributed by atoms with Gasteiger partial charge in [-0.05, 0) is 80.5 Å². The van der Waals surface area contributed by atoms with Gasteiger partial charge in [0, 0.05) is 18.7 Å². The molecule has 7 nitrogen and oxygen atoms in total. The number of benzene rings is 3. The number of hydrogen-bond acceptors (Lipinski definition) is 6. The molecule has 204 valence electrons. The van der Waals surface area contributed by atoms with Crippen LogP contribution in [0.4, 0.5) is 0 Å². The maximum absolute atomic E-state index is 13.3. The van der Waals surface area contributed by atoms with Gasteiger partial charge in [0.05, 0.1) is 18.2 Å². The highest BCUT2D eigenvalue weighted by Crippen LogP contribution is 2.40. The van der Waals surface area contributed by atoms with Gasteiger partial charge >= 0.3 is 0 Å². The van der Waals surface area contributed by atoms with Gasteiger partial charge in [-0.25, -0.2) is 0 Å². The van der Waals surface area contributed by atoms with E-state index in [0.29, 0.717) is 43.4 Å². The predicted octanol–water partition coefficient (Wildman–Crippen LogP) is 5.35. The normalized spacial score (nSPS) is 16.6. The largest absolute Gasteiger partial charge is 0.507 e. The second-order valence-corrected chi connectivity index (χ2v) is 9.95. The lowest BCUT2D eigenvalue weighted by molar-refractivity contribution is -0.140. The first-order valence-corrected chi connectivity index (χ1v) is 13.2. The minimum absolute atomic E-state index is 0.0783. The summed E-state index contributed by atoms with van der Waals surface area (Å²) in [5.41, 5.74) is 3.49. The Morgan fingerprint density at radius 2 is 1.56 bits per heavy atom. The lowest BCUT2D eigenvalue weighted by atomic mass is 9.95. The van der Waals surface area contributed by atoms with Crippen LogP contribution in [0, 0.1) is 6.92 Å². The Morgan fingerprint density at radius 3 is 2.21 bits per heavy atom. The number of aliphatic hydroxyl groups is 1. The van der Waals surface area contributed by atoms with Crippen molar-refractivity contribution < 1.29 is 24.2 Å². The molecule has 3 aromatic carbocycles. The van der Waals surface area contributed by atoms with Crippen LogP contribution in [0.3, 0.4) is 0 Å². The van der Waals surface area contributed by atoms with E-state index < -0.39 is 17.7 Å². The summed E-state index contributed by atoms with van der Waals surface area (Å²) in [5.74, 6) is -0.162. The topological polar surface area (TPSA) is 79.3 Å². The first-order chi connectivity index (χ1) is 18.8. The molecule has 0 spiro atoms. The van der Waals surface area contributed by atoms with E-state index in [9.17, 15) is 14.7 Å². The molecule has 1 aliphatic heterocycles. The second kappa shape index (κ2) is 12.6. The molecule has 1 fully saturated rings. The molecule has 1 amide bonds. The van der Waals surface area contributed by atoms with Gasteiger partial charge in [0.15, 0.2) is 0 Å². The number of ketones is 1. The maximum Gasteiger partial charge on any atom is 0.295 e. The van der Waals surface area contributed by atoms with Crippen molar-refractivity contribution in [2.75, 3.05) is 33.8 Å². The quantitative estimate of drug-likeness (QED) is 0.205. The van der Waals surface area contributed by atoms with Crippen molar-refractivity contribution in [3.63, 3.8) is 0 Å². The fraction of sp³-hybridized carbons (Fsp3) is 0.312. The summed E-state index contributed by atoms with van der Waals surface area (Å²) in [6, 6.07) is 21.6. The van der Waals surface area contributed by atoms with Gasteiger partial charge in [-0.1, -0.05) is 43.3 Å². The third kappa shape index (κ3) is 6.49. The molecule has 7 heteroatoms. The van der Waals surface area contributed by atoms with Crippen LogP contribution in [-0.4, -0.2) is 60.4 Å². The van der Waals surface area contributed by atoms with Crippen molar-refractivity contribution in [2.45, 2.75) is 32.9 Å². The Bertz CT molecular complexity index is 1330.